The summed E-state index contributed by atoms with van der Waals surface area (Å²) in [6, 6.07) is 3.63. The zero-order chi connectivity index (χ0) is 14.6. The smallest absolute Gasteiger partial charge is 0.270 e. The van der Waals surface area contributed by atoms with Crippen molar-refractivity contribution >= 4 is 23.2 Å². The molecule has 0 bridgehead atoms. The fourth-order valence-corrected chi connectivity index (χ4v) is 1.50. The fraction of sp³-hybridized carbons (Fsp3) is 0.417. The first-order valence-electron chi connectivity index (χ1n) is 5.71. The van der Waals surface area contributed by atoms with Crippen molar-refractivity contribution in [1.82, 2.24) is 5.32 Å². The molecular weight excluding hydrogens is 272 g/mol. The van der Waals surface area contributed by atoms with Crippen molar-refractivity contribution in [3.63, 3.8) is 0 Å². The van der Waals surface area contributed by atoms with E-state index in [1.165, 1.54) is 12.1 Å². The monoisotopic (exact) mass is 286 g/mol. The van der Waals surface area contributed by atoms with Gasteiger partial charge in [-0.3, -0.25) is 14.9 Å². The molecule has 1 amide bonds. The Morgan fingerprint density at radius 3 is 2.74 bits per heavy atom. The van der Waals surface area contributed by atoms with E-state index >= 15 is 0 Å². The number of benzene rings is 1. The van der Waals surface area contributed by atoms with Crippen LogP contribution >= 0.6 is 11.6 Å². The number of rotatable bonds is 5. The molecule has 0 fully saturated rings. The van der Waals surface area contributed by atoms with Gasteiger partial charge in [0.25, 0.3) is 11.6 Å². The molecule has 1 aromatic rings. The van der Waals surface area contributed by atoms with Gasteiger partial charge in [0.1, 0.15) is 0 Å². The molecule has 1 unspecified atom stereocenters. The molecule has 7 heteroatoms. The number of nitrogens with one attached hydrogen (secondary N) is 1. The zero-order valence-corrected chi connectivity index (χ0v) is 11.4. The highest BCUT2D eigenvalue weighted by Gasteiger charge is 2.21. The van der Waals surface area contributed by atoms with Crippen LogP contribution in [0.1, 0.15) is 30.6 Å². The lowest BCUT2D eigenvalue weighted by Crippen LogP contribution is -2.40. The van der Waals surface area contributed by atoms with E-state index in [9.17, 15) is 20.0 Å². The topological polar surface area (TPSA) is 92.5 Å². The predicted octanol–water partition coefficient (Wildman–Crippen LogP) is 2.14. The number of hydrogen-bond acceptors (Lipinski definition) is 4. The number of non-ortho nitro benzene ring substituents is 1. The molecule has 0 aliphatic rings. The van der Waals surface area contributed by atoms with Crippen molar-refractivity contribution in [2.45, 2.75) is 25.9 Å². The summed E-state index contributed by atoms with van der Waals surface area (Å²) in [5.74, 6) is -0.553. The molecular formula is C12H15ClN2O4. The Hall–Kier alpha value is -1.66. The van der Waals surface area contributed by atoms with Gasteiger partial charge in [0.05, 0.1) is 21.1 Å². The summed E-state index contributed by atoms with van der Waals surface area (Å²) in [4.78, 5) is 21.9. The van der Waals surface area contributed by atoms with Crippen LogP contribution in [0.3, 0.4) is 0 Å². The molecule has 1 atom stereocenters. The lowest BCUT2D eigenvalue weighted by molar-refractivity contribution is -0.384. The number of nitrogens with zero attached hydrogens (tertiary/aromatic N) is 1. The molecule has 0 radical (unpaired) electrons. The van der Waals surface area contributed by atoms with Gasteiger partial charge in [-0.25, -0.2) is 0 Å². The maximum absolute atomic E-state index is 11.9. The highest BCUT2D eigenvalue weighted by atomic mass is 35.5. The van der Waals surface area contributed by atoms with Crippen molar-refractivity contribution in [2.24, 2.45) is 0 Å². The second kappa shape index (κ2) is 5.99. The first kappa shape index (κ1) is 15.4. The third-order valence-electron chi connectivity index (χ3n) is 2.80. The van der Waals surface area contributed by atoms with Gasteiger partial charge in [0.15, 0.2) is 0 Å². The van der Waals surface area contributed by atoms with Gasteiger partial charge < -0.3 is 10.4 Å². The average molecular weight is 287 g/mol. The molecule has 1 aromatic carbocycles. The maximum Gasteiger partial charge on any atom is 0.270 e. The Bertz CT molecular complexity index is 503. The van der Waals surface area contributed by atoms with Gasteiger partial charge in [0, 0.05) is 18.7 Å². The summed E-state index contributed by atoms with van der Waals surface area (Å²) in [5, 5.41) is 23.0. The molecule has 0 saturated heterocycles. The van der Waals surface area contributed by atoms with Gasteiger partial charge in [-0.1, -0.05) is 18.5 Å². The summed E-state index contributed by atoms with van der Waals surface area (Å²) in [6.07, 6.45) is 0.468. The number of hydrogen-bond donors (Lipinski definition) is 2. The van der Waals surface area contributed by atoms with Crippen LogP contribution in [0.5, 0.6) is 0 Å². The van der Waals surface area contributed by atoms with Gasteiger partial charge in [-0.05, 0) is 19.4 Å². The fourth-order valence-electron chi connectivity index (χ4n) is 1.29. The van der Waals surface area contributed by atoms with E-state index in [1.54, 1.807) is 13.8 Å². The molecule has 0 heterocycles. The molecule has 0 saturated carbocycles. The van der Waals surface area contributed by atoms with E-state index in [4.69, 9.17) is 11.6 Å². The first-order valence-corrected chi connectivity index (χ1v) is 6.09. The van der Waals surface area contributed by atoms with Crippen molar-refractivity contribution in [1.29, 1.82) is 0 Å². The van der Waals surface area contributed by atoms with E-state index in [-0.39, 0.29) is 22.8 Å². The van der Waals surface area contributed by atoms with E-state index in [0.717, 1.165) is 6.07 Å². The molecule has 104 valence electrons. The van der Waals surface area contributed by atoms with Crippen molar-refractivity contribution < 1.29 is 14.8 Å². The van der Waals surface area contributed by atoms with Crippen LogP contribution in [-0.4, -0.2) is 28.1 Å². The van der Waals surface area contributed by atoms with Crippen LogP contribution in [0.2, 0.25) is 5.02 Å². The molecule has 6 nitrogen and oxygen atoms in total. The largest absolute Gasteiger partial charge is 0.388 e. The summed E-state index contributed by atoms with van der Waals surface area (Å²) < 4.78 is 0. The van der Waals surface area contributed by atoms with Gasteiger partial charge in [-0.15, -0.1) is 0 Å². The highest BCUT2D eigenvalue weighted by molar-refractivity contribution is 6.33. The van der Waals surface area contributed by atoms with Crippen LogP contribution in [-0.2, 0) is 0 Å². The van der Waals surface area contributed by atoms with Crippen molar-refractivity contribution in [2.75, 3.05) is 6.54 Å². The minimum Gasteiger partial charge on any atom is -0.388 e. The second-order valence-electron chi connectivity index (χ2n) is 4.45. The zero-order valence-electron chi connectivity index (χ0n) is 10.6. The summed E-state index contributed by atoms with van der Waals surface area (Å²) in [7, 11) is 0. The molecule has 0 aliphatic heterocycles. The quantitative estimate of drug-likeness (QED) is 0.640. The molecule has 2 N–H and O–H groups in total. The van der Waals surface area contributed by atoms with E-state index in [1.807, 2.05) is 0 Å². The number of carbonyl (C=O) groups is 1. The number of aliphatic hydroxyl groups is 1. The third kappa shape index (κ3) is 4.18. The summed E-state index contributed by atoms with van der Waals surface area (Å²) in [6.45, 7) is 3.41. The normalized spacial score (nSPS) is 13.7. The Morgan fingerprint density at radius 2 is 2.21 bits per heavy atom. The third-order valence-corrected chi connectivity index (χ3v) is 3.13. The minimum atomic E-state index is -1.02. The molecule has 1 rings (SSSR count). The van der Waals surface area contributed by atoms with Crippen LogP contribution in [0.25, 0.3) is 0 Å². The number of carbonyl (C=O) groups excluding carboxylic acids is 1. The van der Waals surface area contributed by atoms with Crippen molar-refractivity contribution in [3.8, 4) is 0 Å². The standard InChI is InChI=1S/C12H15ClN2O4/c1-3-12(2,17)7-14-11(16)9-6-8(15(18)19)4-5-10(9)13/h4-6,17H,3,7H2,1-2H3,(H,14,16). The average Bonchev–Trinajstić information content (AvgIpc) is 2.36. The lowest BCUT2D eigenvalue weighted by Gasteiger charge is -2.21. The van der Waals surface area contributed by atoms with E-state index in [0.29, 0.717) is 6.42 Å². The molecule has 0 aromatic heterocycles. The van der Waals surface area contributed by atoms with Crippen LogP contribution < -0.4 is 5.32 Å². The minimum absolute atomic E-state index is 0.0165. The predicted molar refractivity (Wildman–Crippen MR) is 71.4 cm³/mol. The number of halogens is 1. The number of amides is 1. The lowest BCUT2D eigenvalue weighted by atomic mass is 10.0. The van der Waals surface area contributed by atoms with Gasteiger partial charge in [0.2, 0.25) is 0 Å². The van der Waals surface area contributed by atoms with E-state index < -0.39 is 16.4 Å². The van der Waals surface area contributed by atoms with Crippen LogP contribution in [0.15, 0.2) is 18.2 Å². The second-order valence-corrected chi connectivity index (χ2v) is 4.86. The Balaban J connectivity index is 2.88. The molecule has 0 aliphatic carbocycles. The van der Waals surface area contributed by atoms with Crippen LogP contribution in [0, 0.1) is 10.1 Å². The van der Waals surface area contributed by atoms with Crippen LogP contribution in [0.4, 0.5) is 5.69 Å². The SMILES string of the molecule is CCC(C)(O)CNC(=O)c1cc([N+](=O)[O-])ccc1Cl. The molecule has 0 spiro atoms. The first-order chi connectivity index (χ1) is 8.76. The Kier molecular flexibility index (Phi) is 4.85. The Morgan fingerprint density at radius 1 is 1.58 bits per heavy atom. The summed E-state index contributed by atoms with van der Waals surface area (Å²) >= 11 is 5.83. The molecule has 19 heavy (non-hydrogen) atoms. The number of nitro groups is 1. The van der Waals surface area contributed by atoms with E-state index in [2.05, 4.69) is 5.32 Å². The highest BCUT2D eigenvalue weighted by Crippen LogP contribution is 2.22. The van der Waals surface area contributed by atoms with Gasteiger partial charge in [-0.2, -0.15) is 0 Å². The van der Waals surface area contributed by atoms with Gasteiger partial charge >= 0.3 is 0 Å². The van der Waals surface area contributed by atoms with Crippen molar-refractivity contribution in [3.05, 3.63) is 38.9 Å². The maximum atomic E-state index is 11.9. The Labute approximate surface area is 115 Å². The summed E-state index contributed by atoms with van der Waals surface area (Å²) in [5.41, 5.74) is -1.22. The number of nitro benzene ring substituents is 1.